The van der Waals surface area contributed by atoms with Gasteiger partial charge in [-0.3, -0.25) is 0 Å². The standard InChI is InChI=1S/C14H13ClN2O2/c1-8-13(14(18)19)9(2)17-12(16-8)7-10-5-3-4-6-11(10)15/h3-6H,7H2,1-2H3,(H,18,19). The fourth-order valence-corrected chi connectivity index (χ4v) is 2.19. The molecule has 0 bridgehead atoms. The van der Waals surface area contributed by atoms with Crippen LogP contribution in [0.2, 0.25) is 5.02 Å². The van der Waals surface area contributed by atoms with Crippen molar-refractivity contribution in [1.29, 1.82) is 0 Å². The molecule has 0 aliphatic heterocycles. The molecule has 0 saturated carbocycles. The Morgan fingerprint density at radius 1 is 1.21 bits per heavy atom. The van der Waals surface area contributed by atoms with Gasteiger partial charge in [0, 0.05) is 11.4 Å². The lowest BCUT2D eigenvalue weighted by molar-refractivity contribution is 0.0694. The number of carboxylic acids is 1. The van der Waals surface area contributed by atoms with E-state index < -0.39 is 5.97 Å². The topological polar surface area (TPSA) is 63.1 Å². The number of aryl methyl sites for hydroxylation is 2. The van der Waals surface area contributed by atoms with Gasteiger partial charge in [0.15, 0.2) is 0 Å². The summed E-state index contributed by atoms with van der Waals surface area (Å²) in [5, 5.41) is 9.73. The SMILES string of the molecule is Cc1nc(Cc2ccccc2Cl)nc(C)c1C(=O)O. The van der Waals surface area contributed by atoms with Gasteiger partial charge >= 0.3 is 5.97 Å². The molecule has 1 aromatic heterocycles. The van der Waals surface area contributed by atoms with Crippen LogP contribution in [0.5, 0.6) is 0 Å². The molecule has 0 fully saturated rings. The molecule has 1 heterocycles. The fraction of sp³-hybridized carbons (Fsp3) is 0.214. The van der Waals surface area contributed by atoms with Crippen molar-refractivity contribution in [3.8, 4) is 0 Å². The maximum absolute atomic E-state index is 11.1. The highest BCUT2D eigenvalue weighted by molar-refractivity contribution is 6.31. The molecular weight excluding hydrogens is 264 g/mol. The number of aromatic nitrogens is 2. The van der Waals surface area contributed by atoms with E-state index in [1.54, 1.807) is 13.8 Å². The first-order valence-corrected chi connectivity index (χ1v) is 6.17. The van der Waals surface area contributed by atoms with Crippen LogP contribution < -0.4 is 0 Å². The van der Waals surface area contributed by atoms with Crippen molar-refractivity contribution in [2.75, 3.05) is 0 Å². The van der Waals surface area contributed by atoms with Crippen molar-refractivity contribution >= 4 is 17.6 Å². The van der Waals surface area contributed by atoms with E-state index in [2.05, 4.69) is 9.97 Å². The van der Waals surface area contributed by atoms with Crippen LogP contribution >= 0.6 is 11.6 Å². The van der Waals surface area contributed by atoms with Gasteiger partial charge in [-0.2, -0.15) is 0 Å². The molecule has 0 amide bonds. The zero-order chi connectivity index (χ0) is 14.0. The molecule has 5 heteroatoms. The van der Waals surface area contributed by atoms with Gasteiger partial charge in [-0.25, -0.2) is 14.8 Å². The molecule has 0 radical (unpaired) electrons. The number of rotatable bonds is 3. The zero-order valence-electron chi connectivity index (χ0n) is 10.6. The van der Waals surface area contributed by atoms with Crippen LogP contribution in [-0.4, -0.2) is 21.0 Å². The average Bonchev–Trinajstić information content (AvgIpc) is 2.30. The Morgan fingerprint density at radius 2 is 1.79 bits per heavy atom. The number of hydrogen-bond donors (Lipinski definition) is 1. The molecule has 2 aromatic rings. The summed E-state index contributed by atoms with van der Waals surface area (Å²) < 4.78 is 0. The van der Waals surface area contributed by atoms with Gasteiger partial charge in [-0.05, 0) is 25.5 Å². The predicted octanol–water partition coefficient (Wildman–Crippen LogP) is 3.04. The smallest absolute Gasteiger partial charge is 0.339 e. The molecule has 1 N–H and O–H groups in total. The van der Waals surface area contributed by atoms with Gasteiger partial charge < -0.3 is 5.11 Å². The summed E-state index contributed by atoms with van der Waals surface area (Å²) in [5.41, 5.74) is 2.04. The number of carbonyl (C=O) groups is 1. The van der Waals surface area contributed by atoms with Crippen molar-refractivity contribution in [2.45, 2.75) is 20.3 Å². The number of benzene rings is 1. The fourth-order valence-electron chi connectivity index (χ4n) is 1.99. The number of aromatic carboxylic acids is 1. The molecule has 0 aliphatic rings. The summed E-state index contributed by atoms with van der Waals surface area (Å²) in [6, 6.07) is 7.47. The van der Waals surface area contributed by atoms with Crippen molar-refractivity contribution in [3.05, 3.63) is 57.6 Å². The van der Waals surface area contributed by atoms with Crippen molar-refractivity contribution in [2.24, 2.45) is 0 Å². The second-order valence-corrected chi connectivity index (χ2v) is 4.67. The van der Waals surface area contributed by atoms with Gasteiger partial charge in [0.2, 0.25) is 0 Å². The molecule has 0 spiro atoms. The minimum absolute atomic E-state index is 0.169. The maximum atomic E-state index is 11.1. The number of carboxylic acid groups (broad SMARTS) is 1. The normalized spacial score (nSPS) is 10.5. The minimum atomic E-state index is -1.00. The molecule has 4 nitrogen and oxygen atoms in total. The van der Waals surface area contributed by atoms with E-state index in [-0.39, 0.29) is 5.56 Å². The molecule has 0 saturated heterocycles. The predicted molar refractivity (Wildman–Crippen MR) is 72.7 cm³/mol. The maximum Gasteiger partial charge on any atom is 0.339 e. The highest BCUT2D eigenvalue weighted by Crippen LogP contribution is 2.18. The van der Waals surface area contributed by atoms with E-state index in [9.17, 15) is 4.79 Å². The molecule has 0 atom stereocenters. The second kappa shape index (κ2) is 5.36. The Bertz CT molecular complexity index is 618. The van der Waals surface area contributed by atoms with E-state index in [1.165, 1.54) is 0 Å². The van der Waals surface area contributed by atoms with E-state index in [1.807, 2.05) is 24.3 Å². The van der Waals surface area contributed by atoms with Crippen LogP contribution in [-0.2, 0) is 6.42 Å². The van der Waals surface area contributed by atoms with Crippen molar-refractivity contribution < 1.29 is 9.90 Å². The highest BCUT2D eigenvalue weighted by Gasteiger charge is 2.15. The minimum Gasteiger partial charge on any atom is -0.478 e. The molecular formula is C14H13ClN2O2. The first-order chi connectivity index (χ1) is 8.99. The Labute approximate surface area is 116 Å². The average molecular weight is 277 g/mol. The Kier molecular flexibility index (Phi) is 3.81. The lowest BCUT2D eigenvalue weighted by Gasteiger charge is -2.08. The van der Waals surface area contributed by atoms with Gasteiger partial charge in [0.1, 0.15) is 11.4 Å². The molecule has 1 aromatic carbocycles. The van der Waals surface area contributed by atoms with Crippen LogP contribution in [0.4, 0.5) is 0 Å². The third-order valence-corrected chi connectivity index (χ3v) is 3.21. The first kappa shape index (κ1) is 13.5. The van der Waals surface area contributed by atoms with Crippen molar-refractivity contribution in [3.63, 3.8) is 0 Å². The van der Waals surface area contributed by atoms with Crippen LogP contribution in [0.3, 0.4) is 0 Å². The van der Waals surface area contributed by atoms with Crippen LogP contribution in [0.1, 0.15) is 33.1 Å². The van der Waals surface area contributed by atoms with E-state index in [4.69, 9.17) is 16.7 Å². The van der Waals surface area contributed by atoms with E-state index >= 15 is 0 Å². The highest BCUT2D eigenvalue weighted by atomic mass is 35.5. The summed E-state index contributed by atoms with van der Waals surface area (Å²) in [4.78, 5) is 19.5. The second-order valence-electron chi connectivity index (χ2n) is 4.26. The lowest BCUT2D eigenvalue weighted by Crippen LogP contribution is -2.10. The number of nitrogens with zero attached hydrogens (tertiary/aromatic N) is 2. The van der Waals surface area contributed by atoms with Gasteiger partial charge in [0.05, 0.1) is 11.4 Å². The quantitative estimate of drug-likeness (QED) is 0.936. The van der Waals surface area contributed by atoms with Crippen LogP contribution in [0.15, 0.2) is 24.3 Å². The largest absolute Gasteiger partial charge is 0.478 e. The van der Waals surface area contributed by atoms with Crippen LogP contribution in [0, 0.1) is 13.8 Å². The van der Waals surface area contributed by atoms with Gasteiger partial charge in [-0.1, -0.05) is 29.8 Å². The molecule has 19 heavy (non-hydrogen) atoms. The molecule has 0 aliphatic carbocycles. The first-order valence-electron chi connectivity index (χ1n) is 5.80. The van der Waals surface area contributed by atoms with Gasteiger partial charge in [0.25, 0.3) is 0 Å². The molecule has 98 valence electrons. The molecule has 0 unspecified atom stereocenters. The number of halogens is 1. The summed E-state index contributed by atoms with van der Waals surface area (Å²) >= 11 is 6.09. The summed E-state index contributed by atoms with van der Waals surface area (Å²) in [7, 11) is 0. The Morgan fingerprint density at radius 3 is 2.32 bits per heavy atom. The zero-order valence-corrected chi connectivity index (χ0v) is 11.4. The third-order valence-electron chi connectivity index (χ3n) is 2.84. The molecule has 2 rings (SSSR count). The van der Waals surface area contributed by atoms with Crippen LogP contribution in [0.25, 0.3) is 0 Å². The number of hydrogen-bond acceptors (Lipinski definition) is 3. The lowest BCUT2D eigenvalue weighted by atomic mass is 10.1. The van der Waals surface area contributed by atoms with Gasteiger partial charge in [-0.15, -0.1) is 0 Å². The third kappa shape index (κ3) is 2.90. The summed E-state index contributed by atoms with van der Waals surface area (Å²) in [6.07, 6.45) is 0.487. The summed E-state index contributed by atoms with van der Waals surface area (Å²) in [6.45, 7) is 3.35. The van der Waals surface area contributed by atoms with E-state index in [0.29, 0.717) is 28.7 Å². The van der Waals surface area contributed by atoms with E-state index in [0.717, 1.165) is 5.56 Å². The monoisotopic (exact) mass is 276 g/mol. The Balaban J connectivity index is 2.38. The van der Waals surface area contributed by atoms with Crippen molar-refractivity contribution in [1.82, 2.24) is 9.97 Å². The summed E-state index contributed by atoms with van der Waals surface area (Å²) in [5.74, 6) is -0.424. The Hall–Kier alpha value is -1.94.